The maximum atomic E-state index is 13.0. The van der Waals surface area contributed by atoms with Gasteiger partial charge in [-0.05, 0) is 50.7 Å². The van der Waals surface area contributed by atoms with Gasteiger partial charge in [-0.1, -0.05) is 18.2 Å². The predicted molar refractivity (Wildman–Crippen MR) is 81.9 cm³/mol. The van der Waals surface area contributed by atoms with E-state index in [9.17, 15) is 8.42 Å². The van der Waals surface area contributed by atoms with Gasteiger partial charge in [0.1, 0.15) is 11.4 Å². The van der Waals surface area contributed by atoms with Gasteiger partial charge in [0.05, 0.1) is 17.1 Å². The van der Waals surface area contributed by atoms with Gasteiger partial charge in [0.15, 0.2) is 0 Å². The van der Waals surface area contributed by atoms with E-state index in [1.807, 2.05) is 30.3 Å². The van der Waals surface area contributed by atoms with E-state index in [1.54, 1.807) is 4.31 Å². The molecule has 1 aliphatic heterocycles. The van der Waals surface area contributed by atoms with Gasteiger partial charge in [0.25, 0.3) is 10.0 Å². The number of anilines is 1. The minimum Gasteiger partial charge on any atom is -0.483 e. The van der Waals surface area contributed by atoms with E-state index in [1.165, 1.54) is 0 Å². The van der Waals surface area contributed by atoms with Crippen molar-refractivity contribution in [3.63, 3.8) is 0 Å². The van der Waals surface area contributed by atoms with Crippen LogP contribution in [0.15, 0.2) is 35.2 Å². The van der Waals surface area contributed by atoms with E-state index in [2.05, 4.69) is 0 Å². The number of nitrogens with zero attached hydrogens (tertiary/aromatic N) is 1. The van der Waals surface area contributed by atoms with E-state index in [-0.39, 0.29) is 5.60 Å². The zero-order valence-corrected chi connectivity index (χ0v) is 12.7. The molecule has 1 saturated carbocycles. The Morgan fingerprint density at radius 2 is 1.95 bits per heavy atom. The highest BCUT2D eigenvalue weighted by atomic mass is 32.2. The number of hydrogen-bond acceptors (Lipinski definition) is 3. The van der Waals surface area contributed by atoms with Crippen LogP contribution in [-0.2, 0) is 10.0 Å². The molecule has 0 N–H and O–H groups in total. The third-order valence-corrected chi connectivity index (χ3v) is 6.51. The molecule has 112 valence electrons. The van der Waals surface area contributed by atoms with Crippen LogP contribution in [0.1, 0.15) is 38.5 Å². The molecule has 1 heterocycles. The second-order valence-corrected chi connectivity index (χ2v) is 8.10. The highest BCUT2D eigenvalue weighted by molar-refractivity contribution is 7.96. The SMILES string of the molecule is O=S(=O)(C1=CCCCC1)N1CC2(CC2)Oc2ccccc21. The molecule has 1 fully saturated rings. The quantitative estimate of drug-likeness (QED) is 0.843. The standard InChI is InChI=1S/C16H19NO3S/c18-21(19,13-6-2-1-3-7-13)17-12-16(10-11-16)20-15-9-5-4-8-14(15)17/h4-6,8-9H,1-3,7,10-12H2. The number of allylic oxidation sites excluding steroid dienone is 2. The average Bonchev–Trinajstić information content (AvgIpc) is 3.26. The second kappa shape index (κ2) is 4.50. The number of benzene rings is 1. The molecule has 1 spiro atoms. The number of para-hydroxylation sites is 2. The van der Waals surface area contributed by atoms with E-state index in [4.69, 9.17) is 4.74 Å². The van der Waals surface area contributed by atoms with Crippen molar-refractivity contribution in [2.24, 2.45) is 0 Å². The van der Waals surface area contributed by atoms with Gasteiger partial charge in [0, 0.05) is 0 Å². The summed E-state index contributed by atoms with van der Waals surface area (Å²) >= 11 is 0. The minimum absolute atomic E-state index is 0.281. The minimum atomic E-state index is -3.42. The molecule has 1 aromatic rings. The predicted octanol–water partition coefficient (Wildman–Crippen LogP) is 3.21. The Morgan fingerprint density at radius 3 is 2.67 bits per heavy atom. The summed E-state index contributed by atoms with van der Waals surface area (Å²) in [4.78, 5) is 0.584. The summed E-state index contributed by atoms with van der Waals surface area (Å²) in [7, 11) is -3.42. The van der Waals surface area contributed by atoms with Crippen LogP contribution in [0.5, 0.6) is 5.75 Å². The van der Waals surface area contributed by atoms with Crippen LogP contribution in [0.2, 0.25) is 0 Å². The van der Waals surface area contributed by atoms with Gasteiger partial charge in [-0.15, -0.1) is 0 Å². The Bertz CT molecular complexity index is 704. The topological polar surface area (TPSA) is 46.6 Å². The van der Waals surface area contributed by atoms with E-state index < -0.39 is 10.0 Å². The number of rotatable bonds is 2. The second-order valence-electron chi connectivity index (χ2n) is 6.18. The molecule has 5 heteroatoms. The summed E-state index contributed by atoms with van der Waals surface area (Å²) in [6.07, 6.45) is 7.35. The molecule has 0 bridgehead atoms. The molecule has 0 aromatic heterocycles. The molecular formula is C16H19NO3S. The zero-order chi connectivity index (χ0) is 14.5. The first-order chi connectivity index (χ1) is 10.1. The van der Waals surface area contributed by atoms with Crippen molar-refractivity contribution in [2.45, 2.75) is 44.1 Å². The van der Waals surface area contributed by atoms with Crippen LogP contribution in [0.3, 0.4) is 0 Å². The lowest BCUT2D eigenvalue weighted by Crippen LogP contribution is -2.45. The zero-order valence-electron chi connectivity index (χ0n) is 11.9. The molecule has 1 aromatic carbocycles. The van der Waals surface area contributed by atoms with Gasteiger partial charge in [-0.3, -0.25) is 4.31 Å². The van der Waals surface area contributed by atoms with Gasteiger partial charge in [0.2, 0.25) is 0 Å². The number of ether oxygens (including phenoxy) is 1. The molecule has 3 aliphatic rings. The lowest BCUT2D eigenvalue weighted by atomic mass is 10.1. The Balaban J connectivity index is 1.78. The van der Waals surface area contributed by atoms with Gasteiger partial charge < -0.3 is 4.74 Å². The largest absolute Gasteiger partial charge is 0.483 e. The van der Waals surface area contributed by atoms with Crippen LogP contribution in [0.25, 0.3) is 0 Å². The molecule has 0 atom stereocenters. The molecular weight excluding hydrogens is 286 g/mol. The summed E-state index contributed by atoms with van der Waals surface area (Å²) in [5.41, 5.74) is 0.401. The number of sulfonamides is 1. The fourth-order valence-corrected chi connectivity index (χ4v) is 4.99. The van der Waals surface area contributed by atoms with Crippen LogP contribution < -0.4 is 9.04 Å². The lowest BCUT2D eigenvalue weighted by Gasteiger charge is -2.36. The average molecular weight is 305 g/mol. The molecule has 0 saturated heterocycles. The van der Waals surface area contributed by atoms with Gasteiger partial charge >= 0.3 is 0 Å². The van der Waals surface area contributed by atoms with E-state index >= 15 is 0 Å². The maximum absolute atomic E-state index is 13.0. The molecule has 0 amide bonds. The summed E-state index contributed by atoms with van der Waals surface area (Å²) in [5, 5.41) is 0. The monoisotopic (exact) mass is 305 g/mol. The number of fused-ring (bicyclic) bond motifs is 1. The highest BCUT2D eigenvalue weighted by Crippen LogP contribution is 2.49. The van der Waals surface area contributed by atoms with Crippen molar-refractivity contribution in [1.29, 1.82) is 0 Å². The van der Waals surface area contributed by atoms with Crippen molar-refractivity contribution in [3.05, 3.63) is 35.2 Å². The molecule has 4 nitrogen and oxygen atoms in total. The first kappa shape index (κ1) is 13.2. The Hall–Kier alpha value is -1.49. The van der Waals surface area contributed by atoms with Crippen LogP contribution >= 0.6 is 0 Å². The fourth-order valence-electron chi connectivity index (χ4n) is 3.16. The maximum Gasteiger partial charge on any atom is 0.260 e. The molecule has 21 heavy (non-hydrogen) atoms. The van der Waals surface area contributed by atoms with Crippen molar-refractivity contribution >= 4 is 15.7 Å². The van der Waals surface area contributed by atoms with E-state index in [0.29, 0.717) is 29.3 Å². The number of hydrogen-bond donors (Lipinski definition) is 0. The van der Waals surface area contributed by atoms with Crippen molar-refractivity contribution < 1.29 is 13.2 Å². The smallest absolute Gasteiger partial charge is 0.260 e. The first-order valence-corrected chi connectivity index (χ1v) is 9.05. The molecule has 0 radical (unpaired) electrons. The highest BCUT2D eigenvalue weighted by Gasteiger charge is 2.52. The normalized spacial score (nSPS) is 23.2. The van der Waals surface area contributed by atoms with Gasteiger partial charge in [-0.2, -0.15) is 0 Å². The summed E-state index contributed by atoms with van der Waals surface area (Å²) in [6, 6.07) is 7.47. The Kier molecular flexibility index (Phi) is 2.83. The summed E-state index contributed by atoms with van der Waals surface area (Å²) in [6.45, 7) is 0.448. The van der Waals surface area contributed by atoms with E-state index in [0.717, 1.165) is 32.1 Å². The molecule has 0 unspecified atom stereocenters. The van der Waals surface area contributed by atoms with Crippen LogP contribution in [-0.4, -0.2) is 20.6 Å². The van der Waals surface area contributed by atoms with Crippen molar-refractivity contribution in [3.8, 4) is 5.75 Å². The molecule has 2 aliphatic carbocycles. The van der Waals surface area contributed by atoms with Gasteiger partial charge in [-0.25, -0.2) is 8.42 Å². The summed E-state index contributed by atoms with van der Waals surface area (Å²) < 4.78 is 33.6. The lowest BCUT2D eigenvalue weighted by molar-refractivity contribution is 0.178. The fraction of sp³-hybridized carbons (Fsp3) is 0.500. The van der Waals surface area contributed by atoms with Crippen LogP contribution in [0, 0.1) is 0 Å². The third-order valence-electron chi connectivity index (χ3n) is 4.57. The first-order valence-electron chi connectivity index (χ1n) is 7.61. The van der Waals surface area contributed by atoms with Crippen molar-refractivity contribution in [1.82, 2.24) is 0 Å². The Morgan fingerprint density at radius 1 is 1.14 bits per heavy atom. The van der Waals surface area contributed by atoms with Crippen LogP contribution in [0.4, 0.5) is 5.69 Å². The third kappa shape index (κ3) is 2.14. The Labute approximate surface area is 125 Å². The van der Waals surface area contributed by atoms with Crippen molar-refractivity contribution in [2.75, 3.05) is 10.8 Å². The summed E-state index contributed by atoms with van der Waals surface area (Å²) in [5.74, 6) is 0.696. The molecule has 4 rings (SSSR count).